The van der Waals surface area contributed by atoms with E-state index in [1.165, 1.54) is 18.6 Å². The number of nitrogens with two attached hydrogens (primary N) is 1. The van der Waals surface area contributed by atoms with E-state index in [0.717, 1.165) is 31.7 Å². The topological polar surface area (TPSA) is 72.2 Å². The molecule has 0 heterocycles. The molecule has 1 aliphatic rings. The van der Waals surface area contributed by atoms with Gasteiger partial charge in [-0.2, -0.15) is 0 Å². The van der Waals surface area contributed by atoms with Gasteiger partial charge in [-0.15, -0.1) is 0 Å². The first kappa shape index (κ1) is 14.1. The van der Waals surface area contributed by atoms with E-state index in [1.807, 2.05) is 0 Å². The molecule has 1 aliphatic carbocycles. The van der Waals surface area contributed by atoms with Crippen LogP contribution in [0.3, 0.4) is 0 Å². The molecule has 3 N–H and O–H groups in total. The molecule has 1 aromatic carbocycles. The maximum Gasteiger partial charge on any atom is 0.232 e. The maximum absolute atomic E-state index is 13.0. The highest BCUT2D eigenvalue weighted by molar-refractivity contribution is 7.92. The number of hydrogen-bond acceptors (Lipinski definition) is 3. The van der Waals surface area contributed by atoms with E-state index in [0.29, 0.717) is 5.69 Å². The first-order chi connectivity index (χ1) is 8.96. The number of benzene rings is 1. The Balaban J connectivity index is 2.01. The fourth-order valence-electron chi connectivity index (χ4n) is 2.49. The zero-order valence-corrected chi connectivity index (χ0v) is 11.5. The van der Waals surface area contributed by atoms with E-state index in [9.17, 15) is 12.8 Å². The Bertz CT molecular complexity index is 540. The smallest absolute Gasteiger partial charge is 0.232 e. The molecule has 1 aromatic rings. The van der Waals surface area contributed by atoms with Crippen LogP contribution < -0.4 is 10.5 Å². The van der Waals surface area contributed by atoms with E-state index < -0.39 is 15.8 Å². The summed E-state index contributed by atoms with van der Waals surface area (Å²) in [6, 6.07) is 3.84. The van der Waals surface area contributed by atoms with Crippen LogP contribution in [0.2, 0.25) is 0 Å². The number of sulfonamides is 1. The van der Waals surface area contributed by atoms with Gasteiger partial charge in [0, 0.05) is 0 Å². The molecule has 19 heavy (non-hydrogen) atoms. The minimum absolute atomic E-state index is 0.0575. The van der Waals surface area contributed by atoms with Crippen molar-refractivity contribution in [1.82, 2.24) is 0 Å². The molecule has 0 aromatic heterocycles. The van der Waals surface area contributed by atoms with Gasteiger partial charge in [0.25, 0.3) is 0 Å². The van der Waals surface area contributed by atoms with Crippen LogP contribution in [-0.4, -0.2) is 14.2 Å². The fourth-order valence-corrected chi connectivity index (χ4v) is 4.02. The third-order valence-electron chi connectivity index (χ3n) is 3.45. The standard InChI is InChI=1S/C13H19FN2O2S/c14-12-7-6-11(8-13(12)15)16-19(17,18)9-10-4-2-1-3-5-10/h6-8,10,16H,1-5,9,15H2. The SMILES string of the molecule is Nc1cc(NS(=O)(=O)CC2CCCCC2)ccc1F. The molecular weight excluding hydrogens is 267 g/mol. The molecule has 0 amide bonds. The molecule has 0 unspecified atom stereocenters. The van der Waals surface area contributed by atoms with Crippen molar-refractivity contribution in [3.8, 4) is 0 Å². The molecule has 1 saturated carbocycles. The Morgan fingerprint density at radius 1 is 1.26 bits per heavy atom. The van der Waals surface area contributed by atoms with E-state index in [2.05, 4.69) is 4.72 Å². The lowest BCUT2D eigenvalue weighted by Gasteiger charge is -2.21. The Hall–Kier alpha value is -1.30. The second-order valence-corrected chi connectivity index (χ2v) is 6.89. The van der Waals surface area contributed by atoms with Crippen LogP contribution in [0.1, 0.15) is 32.1 Å². The van der Waals surface area contributed by atoms with E-state index >= 15 is 0 Å². The summed E-state index contributed by atoms with van der Waals surface area (Å²) in [4.78, 5) is 0. The molecular formula is C13H19FN2O2S. The second-order valence-electron chi connectivity index (χ2n) is 5.12. The summed E-state index contributed by atoms with van der Waals surface area (Å²) in [6.07, 6.45) is 5.32. The summed E-state index contributed by atoms with van der Waals surface area (Å²) in [7, 11) is -3.39. The Labute approximate surface area is 113 Å². The molecule has 2 rings (SSSR count). The zero-order valence-electron chi connectivity index (χ0n) is 10.7. The van der Waals surface area contributed by atoms with Crippen molar-refractivity contribution >= 4 is 21.4 Å². The molecule has 1 fully saturated rings. The van der Waals surface area contributed by atoms with Crippen LogP contribution >= 0.6 is 0 Å². The van der Waals surface area contributed by atoms with Crippen molar-refractivity contribution in [2.24, 2.45) is 5.92 Å². The third-order valence-corrected chi connectivity index (χ3v) is 4.91. The predicted octanol–water partition coefficient (Wildman–Crippen LogP) is 2.73. The van der Waals surface area contributed by atoms with Crippen LogP contribution in [0.15, 0.2) is 18.2 Å². The van der Waals surface area contributed by atoms with E-state index in [4.69, 9.17) is 5.73 Å². The highest BCUT2D eigenvalue weighted by atomic mass is 32.2. The second kappa shape index (κ2) is 5.77. The highest BCUT2D eigenvalue weighted by Crippen LogP contribution is 2.26. The number of anilines is 2. The van der Waals surface area contributed by atoms with E-state index in [1.54, 1.807) is 0 Å². The Morgan fingerprint density at radius 2 is 1.95 bits per heavy atom. The number of halogens is 1. The van der Waals surface area contributed by atoms with Gasteiger partial charge in [-0.3, -0.25) is 4.72 Å². The van der Waals surface area contributed by atoms with Crippen LogP contribution in [0.4, 0.5) is 15.8 Å². The molecule has 0 saturated heterocycles. The number of rotatable bonds is 4. The molecule has 0 radical (unpaired) electrons. The zero-order chi connectivity index (χ0) is 13.9. The van der Waals surface area contributed by atoms with Gasteiger partial charge in [-0.1, -0.05) is 19.3 Å². The predicted molar refractivity (Wildman–Crippen MR) is 74.8 cm³/mol. The summed E-state index contributed by atoms with van der Waals surface area (Å²) in [5, 5.41) is 0. The van der Waals surface area contributed by atoms with Gasteiger partial charge in [0.1, 0.15) is 5.82 Å². The van der Waals surface area contributed by atoms with Gasteiger partial charge in [0.05, 0.1) is 17.1 Å². The summed E-state index contributed by atoms with van der Waals surface area (Å²) >= 11 is 0. The minimum atomic E-state index is -3.39. The minimum Gasteiger partial charge on any atom is -0.396 e. The van der Waals surface area contributed by atoms with Crippen molar-refractivity contribution in [2.75, 3.05) is 16.2 Å². The quantitative estimate of drug-likeness (QED) is 0.836. The summed E-state index contributed by atoms with van der Waals surface area (Å²) < 4.78 is 39.5. The molecule has 4 nitrogen and oxygen atoms in total. The van der Waals surface area contributed by atoms with Crippen molar-refractivity contribution in [1.29, 1.82) is 0 Å². The molecule has 6 heteroatoms. The van der Waals surface area contributed by atoms with Crippen molar-refractivity contribution < 1.29 is 12.8 Å². The molecule has 0 spiro atoms. The van der Waals surface area contributed by atoms with Crippen molar-refractivity contribution in [3.63, 3.8) is 0 Å². The summed E-state index contributed by atoms with van der Waals surface area (Å²) in [5.74, 6) is -0.191. The molecule has 106 valence electrons. The molecule has 0 aliphatic heterocycles. The summed E-state index contributed by atoms with van der Waals surface area (Å²) in [5.41, 5.74) is 5.67. The van der Waals surface area contributed by atoms with Crippen LogP contribution in [0.5, 0.6) is 0 Å². The number of nitrogen functional groups attached to an aromatic ring is 1. The van der Waals surface area contributed by atoms with Crippen molar-refractivity contribution in [3.05, 3.63) is 24.0 Å². The van der Waals surface area contributed by atoms with E-state index in [-0.39, 0.29) is 17.4 Å². The normalized spacial score (nSPS) is 17.3. The summed E-state index contributed by atoms with van der Waals surface area (Å²) in [6.45, 7) is 0. The average Bonchev–Trinajstić information content (AvgIpc) is 2.34. The van der Waals surface area contributed by atoms with Crippen molar-refractivity contribution in [2.45, 2.75) is 32.1 Å². The Kier molecular flexibility index (Phi) is 4.29. The number of hydrogen-bond donors (Lipinski definition) is 2. The maximum atomic E-state index is 13.0. The van der Waals surface area contributed by atoms with Gasteiger partial charge < -0.3 is 5.73 Å². The van der Waals surface area contributed by atoms with Crippen LogP contribution in [0, 0.1) is 11.7 Å². The van der Waals surface area contributed by atoms with Gasteiger partial charge in [0.15, 0.2) is 0 Å². The van der Waals surface area contributed by atoms with Gasteiger partial charge in [-0.25, -0.2) is 12.8 Å². The lowest BCUT2D eigenvalue weighted by atomic mass is 9.91. The lowest BCUT2D eigenvalue weighted by molar-refractivity contribution is 0.385. The monoisotopic (exact) mass is 286 g/mol. The Morgan fingerprint density at radius 3 is 2.58 bits per heavy atom. The lowest BCUT2D eigenvalue weighted by Crippen LogP contribution is -2.24. The first-order valence-electron chi connectivity index (χ1n) is 6.52. The molecule has 0 bridgehead atoms. The van der Waals surface area contributed by atoms with Crippen LogP contribution in [0.25, 0.3) is 0 Å². The average molecular weight is 286 g/mol. The first-order valence-corrected chi connectivity index (χ1v) is 8.17. The molecule has 0 atom stereocenters. The third kappa shape index (κ3) is 4.09. The number of nitrogens with one attached hydrogen (secondary N) is 1. The van der Waals surface area contributed by atoms with Gasteiger partial charge in [-0.05, 0) is 37.0 Å². The highest BCUT2D eigenvalue weighted by Gasteiger charge is 2.21. The van der Waals surface area contributed by atoms with Crippen LogP contribution in [-0.2, 0) is 10.0 Å². The largest absolute Gasteiger partial charge is 0.396 e. The van der Waals surface area contributed by atoms with Gasteiger partial charge in [0.2, 0.25) is 10.0 Å². The fraction of sp³-hybridized carbons (Fsp3) is 0.538. The van der Waals surface area contributed by atoms with Gasteiger partial charge >= 0.3 is 0 Å².